The number of rotatable bonds is 12. The molecule has 0 aliphatic carbocycles. The molecule has 0 spiro atoms. The van der Waals surface area contributed by atoms with Crippen LogP contribution in [0.5, 0.6) is 0 Å². The lowest BCUT2D eigenvalue weighted by atomic mass is 10.0. The van der Waals surface area contributed by atoms with Gasteiger partial charge in [-0.3, -0.25) is 9.98 Å². The highest BCUT2D eigenvalue weighted by atomic mass is 16.5. The van der Waals surface area contributed by atoms with Gasteiger partial charge >= 0.3 is 0 Å². The van der Waals surface area contributed by atoms with E-state index in [1.165, 1.54) is 0 Å². The van der Waals surface area contributed by atoms with E-state index in [2.05, 4.69) is 33.5 Å². The first-order valence-electron chi connectivity index (χ1n) is 12.6. The van der Waals surface area contributed by atoms with Crippen molar-refractivity contribution in [1.29, 1.82) is 0 Å². The van der Waals surface area contributed by atoms with Crippen molar-refractivity contribution in [3.05, 3.63) is 103 Å². The SMILES string of the molecule is C=C/C(=C\C(=C)CCN=C(N)N)c1cc(-c2cccc(-c3cc(-c4cccc(CCN=C(N)N)c4)on3)c2)no1. The summed E-state index contributed by atoms with van der Waals surface area (Å²) in [6, 6.07) is 19.6. The Morgan fingerprint density at radius 3 is 2.17 bits per heavy atom. The van der Waals surface area contributed by atoms with E-state index in [9.17, 15) is 0 Å². The van der Waals surface area contributed by atoms with E-state index in [0.29, 0.717) is 48.8 Å². The minimum Gasteiger partial charge on any atom is -0.370 e. The molecule has 0 bridgehead atoms. The smallest absolute Gasteiger partial charge is 0.185 e. The van der Waals surface area contributed by atoms with E-state index in [0.717, 1.165) is 33.4 Å². The molecule has 0 saturated heterocycles. The molecule has 0 amide bonds. The lowest BCUT2D eigenvalue weighted by molar-refractivity contribution is 0.413. The number of aromatic nitrogens is 2. The summed E-state index contributed by atoms with van der Waals surface area (Å²) in [7, 11) is 0. The molecule has 0 radical (unpaired) electrons. The maximum Gasteiger partial charge on any atom is 0.185 e. The predicted molar refractivity (Wildman–Crippen MR) is 160 cm³/mol. The Morgan fingerprint density at radius 1 is 0.800 bits per heavy atom. The molecule has 0 unspecified atom stereocenters. The van der Waals surface area contributed by atoms with Crippen LogP contribution in [0.1, 0.15) is 17.7 Å². The van der Waals surface area contributed by atoms with Crippen molar-refractivity contribution < 1.29 is 9.05 Å². The number of hydrogen-bond donors (Lipinski definition) is 4. The molecule has 4 rings (SSSR count). The van der Waals surface area contributed by atoms with Gasteiger partial charge in [0.15, 0.2) is 23.4 Å². The van der Waals surface area contributed by atoms with E-state index < -0.39 is 0 Å². The van der Waals surface area contributed by atoms with E-state index in [1.807, 2.05) is 66.7 Å². The molecule has 0 aliphatic rings. The number of allylic oxidation sites excluding steroid dienone is 3. The summed E-state index contributed by atoms with van der Waals surface area (Å²) in [6.45, 7) is 8.91. The topological polar surface area (TPSA) is 181 Å². The van der Waals surface area contributed by atoms with Crippen LogP contribution in [0.15, 0.2) is 111 Å². The van der Waals surface area contributed by atoms with E-state index in [-0.39, 0.29) is 11.9 Å². The van der Waals surface area contributed by atoms with Gasteiger partial charge in [0.25, 0.3) is 0 Å². The van der Waals surface area contributed by atoms with E-state index in [1.54, 1.807) is 6.08 Å². The Labute approximate surface area is 232 Å². The molecular formula is C30H32N8O2. The summed E-state index contributed by atoms with van der Waals surface area (Å²) in [5.41, 5.74) is 28.3. The third-order valence-electron chi connectivity index (χ3n) is 5.97. The summed E-state index contributed by atoms with van der Waals surface area (Å²) >= 11 is 0. The van der Waals surface area contributed by atoms with Crippen LogP contribution in [-0.2, 0) is 6.42 Å². The maximum absolute atomic E-state index is 5.68. The minimum absolute atomic E-state index is 0.0508. The number of guanidine groups is 2. The Bertz CT molecular complexity index is 1580. The fourth-order valence-corrected chi connectivity index (χ4v) is 3.98. The van der Waals surface area contributed by atoms with Crippen LogP contribution in [0.2, 0.25) is 0 Å². The Morgan fingerprint density at radius 2 is 1.45 bits per heavy atom. The van der Waals surface area contributed by atoms with Crippen LogP contribution in [0.4, 0.5) is 0 Å². The lowest BCUT2D eigenvalue weighted by Gasteiger charge is -2.01. The van der Waals surface area contributed by atoms with Crippen molar-refractivity contribution in [2.75, 3.05) is 13.1 Å². The summed E-state index contributed by atoms with van der Waals surface area (Å²) in [6.07, 6.45) is 4.88. The monoisotopic (exact) mass is 536 g/mol. The van der Waals surface area contributed by atoms with Gasteiger partial charge in [0, 0.05) is 47.5 Å². The molecule has 0 fully saturated rings. The number of nitrogens with two attached hydrogens (primary N) is 4. The van der Waals surface area contributed by atoms with Gasteiger partial charge in [-0.1, -0.05) is 71.5 Å². The first-order valence-corrected chi connectivity index (χ1v) is 12.6. The van der Waals surface area contributed by atoms with Crippen molar-refractivity contribution in [1.82, 2.24) is 10.3 Å². The van der Waals surface area contributed by atoms with Gasteiger partial charge in [0.2, 0.25) is 0 Å². The zero-order chi connectivity index (χ0) is 28.5. The Balaban J connectivity index is 1.50. The highest BCUT2D eigenvalue weighted by Gasteiger charge is 2.13. The predicted octanol–water partition coefficient (Wildman–Crippen LogP) is 4.27. The van der Waals surface area contributed by atoms with Crippen molar-refractivity contribution >= 4 is 17.5 Å². The minimum atomic E-state index is 0.0508. The highest BCUT2D eigenvalue weighted by Crippen LogP contribution is 2.31. The van der Waals surface area contributed by atoms with Crippen LogP contribution in [-0.4, -0.2) is 35.3 Å². The highest BCUT2D eigenvalue weighted by molar-refractivity contribution is 5.77. The standard InChI is InChI=1S/C30H32N8O2/c1-3-21(14-19(2)10-12-35-29(31)32)27-17-25(37-39-27)22-7-5-8-23(16-22)26-18-28(40-38-26)24-9-4-6-20(15-24)11-13-36-30(33)34/h3-9,14-18H,1-2,10-13H2,(H4,31,32,35)(H4,33,34,36)/b21-14+. The summed E-state index contributed by atoms with van der Waals surface area (Å²) in [5.74, 6) is 1.37. The van der Waals surface area contributed by atoms with Crippen molar-refractivity contribution in [3.63, 3.8) is 0 Å². The average Bonchev–Trinajstić information content (AvgIpc) is 3.63. The fourth-order valence-electron chi connectivity index (χ4n) is 3.98. The maximum atomic E-state index is 5.68. The van der Waals surface area contributed by atoms with Gasteiger partial charge in [-0.05, 0) is 36.6 Å². The van der Waals surface area contributed by atoms with Crippen molar-refractivity contribution in [3.8, 4) is 33.8 Å². The fraction of sp³-hybridized carbons (Fsp3) is 0.133. The van der Waals surface area contributed by atoms with Crippen LogP contribution in [0.25, 0.3) is 39.4 Å². The summed E-state index contributed by atoms with van der Waals surface area (Å²) < 4.78 is 11.3. The quantitative estimate of drug-likeness (QED) is 0.118. The van der Waals surface area contributed by atoms with E-state index in [4.69, 9.17) is 32.0 Å². The van der Waals surface area contributed by atoms with Gasteiger partial charge < -0.3 is 32.0 Å². The van der Waals surface area contributed by atoms with Crippen molar-refractivity contribution in [2.45, 2.75) is 12.8 Å². The van der Waals surface area contributed by atoms with Gasteiger partial charge in [-0.15, -0.1) is 0 Å². The molecule has 8 N–H and O–H groups in total. The first-order chi connectivity index (χ1) is 19.3. The zero-order valence-electron chi connectivity index (χ0n) is 22.1. The average molecular weight is 537 g/mol. The van der Waals surface area contributed by atoms with Gasteiger partial charge in [0.05, 0.1) is 0 Å². The molecule has 2 aromatic carbocycles. The van der Waals surface area contributed by atoms with Crippen LogP contribution < -0.4 is 22.9 Å². The second-order valence-corrected chi connectivity index (χ2v) is 9.01. The lowest BCUT2D eigenvalue weighted by Crippen LogP contribution is -2.23. The van der Waals surface area contributed by atoms with Gasteiger partial charge in [0.1, 0.15) is 11.4 Å². The van der Waals surface area contributed by atoms with Crippen LogP contribution >= 0.6 is 0 Å². The number of nitrogens with zero attached hydrogens (tertiary/aromatic N) is 4. The normalized spacial score (nSPS) is 11.2. The summed E-state index contributed by atoms with van der Waals surface area (Å²) in [5, 5.41) is 8.56. The number of benzene rings is 2. The molecule has 2 heterocycles. The molecule has 4 aromatic rings. The van der Waals surface area contributed by atoms with Crippen molar-refractivity contribution in [2.24, 2.45) is 32.9 Å². The molecule has 40 heavy (non-hydrogen) atoms. The molecule has 0 atom stereocenters. The van der Waals surface area contributed by atoms with Gasteiger partial charge in [-0.2, -0.15) is 0 Å². The molecule has 2 aromatic heterocycles. The third-order valence-corrected chi connectivity index (χ3v) is 5.97. The zero-order valence-corrected chi connectivity index (χ0v) is 22.1. The van der Waals surface area contributed by atoms with Crippen LogP contribution in [0.3, 0.4) is 0 Å². The molecule has 10 heteroatoms. The molecule has 204 valence electrons. The molecular weight excluding hydrogens is 504 g/mol. The summed E-state index contributed by atoms with van der Waals surface area (Å²) in [4.78, 5) is 8.03. The Kier molecular flexibility index (Phi) is 8.93. The number of hydrogen-bond acceptors (Lipinski definition) is 6. The number of aliphatic imine (C=N–C) groups is 2. The second-order valence-electron chi connectivity index (χ2n) is 9.01. The Hall–Kier alpha value is -5.38. The molecule has 10 nitrogen and oxygen atoms in total. The van der Waals surface area contributed by atoms with E-state index >= 15 is 0 Å². The largest absolute Gasteiger partial charge is 0.370 e. The second kappa shape index (κ2) is 12.9. The third kappa shape index (κ3) is 7.35. The first kappa shape index (κ1) is 27.6. The van der Waals surface area contributed by atoms with Crippen LogP contribution in [0, 0.1) is 0 Å². The molecule has 0 saturated carbocycles. The molecule has 0 aliphatic heterocycles. The van der Waals surface area contributed by atoms with Gasteiger partial charge in [-0.25, -0.2) is 0 Å².